The molecule has 0 saturated carbocycles. The first-order chi connectivity index (χ1) is 16.8. The number of rotatable bonds is 7. The van der Waals surface area contributed by atoms with Gasteiger partial charge in [-0.2, -0.15) is 4.31 Å². The minimum atomic E-state index is -3.65. The maximum atomic E-state index is 12.7. The molecule has 0 aromatic heterocycles. The monoisotopic (exact) mass is 493 g/mol. The first-order valence-electron chi connectivity index (χ1n) is 11.4. The number of hydrazine groups is 1. The van der Waals surface area contributed by atoms with Crippen LogP contribution in [0.25, 0.3) is 11.1 Å². The normalized spacial score (nSPS) is 14.8. The summed E-state index contributed by atoms with van der Waals surface area (Å²) in [5.41, 5.74) is 6.86. The lowest BCUT2D eigenvalue weighted by Gasteiger charge is -2.17. The molecule has 182 valence electrons. The maximum Gasteiger partial charge on any atom is 0.279 e. The number of nitrogens with zero attached hydrogens (tertiary/aromatic N) is 1. The van der Waals surface area contributed by atoms with Crippen LogP contribution in [0, 0.1) is 0 Å². The summed E-state index contributed by atoms with van der Waals surface area (Å²) in [6, 6.07) is 23.0. The highest BCUT2D eigenvalue weighted by atomic mass is 32.2. The van der Waals surface area contributed by atoms with Gasteiger partial charge in [-0.15, -0.1) is 0 Å². The summed E-state index contributed by atoms with van der Waals surface area (Å²) >= 11 is 0. The maximum absolute atomic E-state index is 12.7. The molecule has 0 radical (unpaired) electrons. The van der Waals surface area contributed by atoms with Gasteiger partial charge in [0.05, 0.1) is 4.90 Å². The lowest BCUT2D eigenvalue weighted by atomic mass is 10.1. The molecule has 1 atom stereocenters. The van der Waals surface area contributed by atoms with E-state index >= 15 is 0 Å². The Bertz CT molecular complexity index is 1290. The topological polar surface area (TPSA) is 105 Å². The first kappa shape index (κ1) is 24.4. The zero-order chi connectivity index (χ0) is 24.8. The van der Waals surface area contributed by atoms with Gasteiger partial charge in [0.15, 0.2) is 6.10 Å². The van der Waals surface area contributed by atoms with Crippen LogP contribution in [0.15, 0.2) is 83.8 Å². The summed E-state index contributed by atoms with van der Waals surface area (Å²) in [6.07, 6.45) is 0.769. The number of amides is 2. The highest BCUT2D eigenvalue weighted by Crippen LogP contribution is 2.23. The van der Waals surface area contributed by atoms with Gasteiger partial charge >= 0.3 is 0 Å². The van der Waals surface area contributed by atoms with E-state index < -0.39 is 27.9 Å². The van der Waals surface area contributed by atoms with Gasteiger partial charge in [-0.3, -0.25) is 20.4 Å². The molecular weight excluding hydrogens is 466 g/mol. The van der Waals surface area contributed by atoms with Crippen LogP contribution in [0.3, 0.4) is 0 Å². The number of carbonyl (C=O) groups excluding carboxylic acids is 2. The molecule has 35 heavy (non-hydrogen) atoms. The van der Waals surface area contributed by atoms with Crippen molar-refractivity contribution < 1.29 is 22.7 Å². The number of carbonyl (C=O) groups is 2. The molecule has 2 amide bonds. The molecule has 3 aromatic rings. The van der Waals surface area contributed by atoms with Gasteiger partial charge in [0.1, 0.15) is 5.75 Å². The first-order valence-corrected chi connectivity index (χ1v) is 12.8. The van der Waals surface area contributed by atoms with E-state index in [0.717, 1.165) is 24.0 Å². The Morgan fingerprint density at radius 2 is 1.51 bits per heavy atom. The van der Waals surface area contributed by atoms with Crippen molar-refractivity contribution in [2.75, 3.05) is 13.1 Å². The molecule has 0 bridgehead atoms. The van der Waals surface area contributed by atoms with E-state index in [0.29, 0.717) is 18.8 Å². The summed E-state index contributed by atoms with van der Waals surface area (Å²) in [4.78, 5) is 25.0. The Morgan fingerprint density at radius 3 is 2.20 bits per heavy atom. The van der Waals surface area contributed by atoms with E-state index in [-0.39, 0.29) is 10.5 Å². The summed E-state index contributed by atoms with van der Waals surface area (Å²) < 4.78 is 32.6. The van der Waals surface area contributed by atoms with Crippen molar-refractivity contribution in [1.29, 1.82) is 0 Å². The van der Waals surface area contributed by atoms with E-state index in [2.05, 4.69) is 10.9 Å². The minimum Gasteiger partial charge on any atom is -0.481 e. The molecule has 8 nitrogen and oxygen atoms in total. The Labute approximate surface area is 204 Å². The Morgan fingerprint density at radius 1 is 0.857 bits per heavy atom. The van der Waals surface area contributed by atoms with Gasteiger partial charge in [-0.1, -0.05) is 48.5 Å². The molecule has 0 aliphatic carbocycles. The Hall–Kier alpha value is -3.69. The van der Waals surface area contributed by atoms with Crippen molar-refractivity contribution >= 4 is 21.8 Å². The molecule has 4 rings (SSSR count). The Balaban J connectivity index is 1.32. The minimum absolute atomic E-state index is 0.0500. The number of hydrogen-bond acceptors (Lipinski definition) is 5. The second kappa shape index (κ2) is 10.7. The van der Waals surface area contributed by atoms with Crippen molar-refractivity contribution in [3.63, 3.8) is 0 Å². The lowest BCUT2D eigenvalue weighted by molar-refractivity contribution is -0.128. The fourth-order valence-corrected chi connectivity index (χ4v) is 5.35. The molecule has 1 unspecified atom stereocenters. The van der Waals surface area contributed by atoms with Crippen molar-refractivity contribution in [2.24, 2.45) is 0 Å². The third kappa shape index (κ3) is 5.87. The standard InChI is InChI=1S/C26H27N3O5S/c1-19(34-23-14-12-21(13-15-23)20-8-3-2-4-9-20)25(30)27-28-26(31)22-10-7-11-24(18-22)35(32,33)29-16-5-6-17-29/h2-4,7-15,18-19H,5-6,16-17H2,1H3,(H,27,30)(H,28,31). The molecule has 3 aromatic carbocycles. The van der Waals surface area contributed by atoms with Gasteiger partial charge in [0.2, 0.25) is 10.0 Å². The molecule has 1 fully saturated rings. The molecule has 0 spiro atoms. The van der Waals surface area contributed by atoms with Crippen LogP contribution in [0.5, 0.6) is 5.75 Å². The van der Waals surface area contributed by atoms with E-state index in [1.54, 1.807) is 19.1 Å². The highest BCUT2D eigenvalue weighted by Gasteiger charge is 2.27. The third-order valence-electron chi connectivity index (χ3n) is 5.74. The third-order valence-corrected chi connectivity index (χ3v) is 7.64. The van der Waals surface area contributed by atoms with Crippen LogP contribution in [-0.4, -0.2) is 43.7 Å². The zero-order valence-corrected chi connectivity index (χ0v) is 20.1. The quantitative estimate of drug-likeness (QED) is 0.491. The predicted molar refractivity (Wildman–Crippen MR) is 132 cm³/mol. The van der Waals surface area contributed by atoms with Crippen LogP contribution in [0.1, 0.15) is 30.1 Å². The van der Waals surface area contributed by atoms with E-state index in [1.165, 1.54) is 28.6 Å². The van der Waals surface area contributed by atoms with Gasteiger partial charge in [-0.25, -0.2) is 8.42 Å². The number of hydrogen-bond donors (Lipinski definition) is 2. The van der Waals surface area contributed by atoms with E-state index in [1.807, 2.05) is 42.5 Å². The molecule has 2 N–H and O–H groups in total. The van der Waals surface area contributed by atoms with Crippen molar-refractivity contribution in [2.45, 2.75) is 30.8 Å². The van der Waals surface area contributed by atoms with Crippen molar-refractivity contribution in [3.8, 4) is 16.9 Å². The van der Waals surface area contributed by atoms with Crippen LogP contribution >= 0.6 is 0 Å². The average molecular weight is 494 g/mol. The highest BCUT2D eigenvalue weighted by molar-refractivity contribution is 7.89. The number of sulfonamides is 1. The van der Waals surface area contributed by atoms with Crippen LogP contribution in [0.2, 0.25) is 0 Å². The van der Waals surface area contributed by atoms with Crippen LogP contribution in [-0.2, 0) is 14.8 Å². The molecule has 1 aliphatic heterocycles. The average Bonchev–Trinajstić information content (AvgIpc) is 3.44. The molecule has 1 saturated heterocycles. The number of nitrogens with one attached hydrogen (secondary N) is 2. The number of ether oxygens (including phenoxy) is 1. The fourth-order valence-electron chi connectivity index (χ4n) is 3.78. The summed E-state index contributed by atoms with van der Waals surface area (Å²) in [6.45, 7) is 2.51. The summed E-state index contributed by atoms with van der Waals surface area (Å²) in [5, 5.41) is 0. The summed E-state index contributed by atoms with van der Waals surface area (Å²) in [7, 11) is -3.65. The van der Waals surface area contributed by atoms with Gasteiger partial charge in [-0.05, 0) is 61.2 Å². The smallest absolute Gasteiger partial charge is 0.279 e. The van der Waals surface area contributed by atoms with Crippen LogP contribution < -0.4 is 15.6 Å². The second-order valence-electron chi connectivity index (χ2n) is 8.23. The molecule has 1 heterocycles. The second-order valence-corrected chi connectivity index (χ2v) is 10.2. The van der Waals surface area contributed by atoms with Gasteiger partial charge < -0.3 is 4.74 Å². The van der Waals surface area contributed by atoms with Crippen molar-refractivity contribution in [3.05, 3.63) is 84.4 Å². The molecular formula is C26H27N3O5S. The zero-order valence-electron chi connectivity index (χ0n) is 19.3. The predicted octanol–water partition coefficient (Wildman–Crippen LogP) is 3.37. The fraction of sp³-hybridized carbons (Fsp3) is 0.231. The molecule has 1 aliphatic rings. The van der Waals surface area contributed by atoms with E-state index in [4.69, 9.17) is 4.74 Å². The van der Waals surface area contributed by atoms with Crippen molar-refractivity contribution in [1.82, 2.24) is 15.2 Å². The van der Waals surface area contributed by atoms with Gasteiger partial charge in [0.25, 0.3) is 11.8 Å². The molecule has 9 heteroatoms. The van der Waals surface area contributed by atoms with Crippen LogP contribution in [0.4, 0.5) is 0 Å². The van der Waals surface area contributed by atoms with E-state index in [9.17, 15) is 18.0 Å². The Kier molecular flexibility index (Phi) is 7.48. The lowest BCUT2D eigenvalue weighted by Crippen LogP contribution is -2.47. The van der Waals surface area contributed by atoms with Gasteiger partial charge in [0, 0.05) is 18.7 Å². The SMILES string of the molecule is CC(Oc1ccc(-c2ccccc2)cc1)C(=O)NNC(=O)c1cccc(S(=O)(=O)N2CCCC2)c1. The number of benzene rings is 3. The largest absolute Gasteiger partial charge is 0.481 e. The summed E-state index contributed by atoms with van der Waals surface area (Å²) in [5.74, 6) is -0.666.